The third-order valence-electron chi connectivity index (χ3n) is 5.86. The molecule has 0 saturated carbocycles. The summed E-state index contributed by atoms with van der Waals surface area (Å²) in [6.07, 6.45) is 5.40. The van der Waals surface area contributed by atoms with E-state index in [4.69, 9.17) is 0 Å². The summed E-state index contributed by atoms with van der Waals surface area (Å²) in [5.74, 6) is -0.0105. The molecule has 0 spiro atoms. The predicted molar refractivity (Wildman–Crippen MR) is 118 cm³/mol. The minimum absolute atomic E-state index is 0.0725. The Kier molecular flexibility index (Phi) is 6.40. The van der Waals surface area contributed by atoms with Gasteiger partial charge in [0.2, 0.25) is 5.91 Å². The Labute approximate surface area is 182 Å². The number of carbonyl (C=O) groups is 2. The fraction of sp³-hybridized carbons (Fsp3) is 0.333. The zero-order valence-corrected chi connectivity index (χ0v) is 17.6. The molecule has 2 heterocycles. The van der Waals surface area contributed by atoms with Crippen LogP contribution in [0.25, 0.3) is 5.69 Å². The van der Waals surface area contributed by atoms with Gasteiger partial charge in [-0.1, -0.05) is 37.3 Å². The molecule has 31 heavy (non-hydrogen) atoms. The van der Waals surface area contributed by atoms with Gasteiger partial charge in [-0.15, -0.1) is 0 Å². The summed E-state index contributed by atoms with van der Waals surface area (Å²) in [6.45, 7) is 3.38. The topological polar surface area (TPSA) is 80.1 Å². The largest absolute Gasteiger partial charge is 0.349 e. The number of piperidine rings is 1. The molecular formula is C24H27N5O2. The summed E-state index contributed by atoms with van der Waals surface area (Å²) in [5, 5.41) is 7.20. The fourth-order valence-corrected chi connectivity index (χ4v) is 4.08. The second-order valence-corrected chi connectivity index (χ2v) is 7.83. The molecular weight excluding hydrogens is 390 g/mol. The number of nitrogens with one attached hydrogen (secondary N) is 1. The average molecular weight is 418 g/mol. The molecule has 1 fully saturated rings. The van der Waals surface area contributed by atoms with Gasteiger partial charge in [-0.25, -0.2) is 9.67 Å². The number of aromatic nitrogens is 3. The standard InChI is InChI=1S/C24H27N5O2/c1-2-22(18-6-4-3-5-7-18)24(31)28-14-12-20(13-15-28)27-23(30)19-8-10-21(11-9-19)29-17-25-16-26-29/h3-11,16-17,20,22H,2,12-15H2,1H3,(H,27,30). The number of amides is 2. The van der Waals surface area contributed by atoms with Crippen molar-refractivity contribution >= 4 is 11.8 Å². The van der Waals surface area contributed by atoms with Crippen LogP contribution in [-0.2, 0) is 4.79 Å². The molecule has 0 radical (unpaired) electrons. The third kappa shape index (κ3) is 4.82. The predicted octanol–water partition coefficient (Wildman–Crippen LogP) is 3.18. The lowest BCUT2D eigenvalue weighted by Crippen LogP contribution is -2.47. The number of hydrogen-bond donors (Lipinski definition) is 1. The summed E-state index contributed by atoms with van der Waals surface area (Å²) in [5.41, 5.74) is 2.53. The Balaban J connectivity index is 1.30. The van der Waals surface area contributed by atoms with E-state index < -0.39 is 0 Å². The molecule has 4 rings (SSSR count). The van der Waals surface area contributed by atoms with Crippen molar-refractivity contribution in [2.24, 2.45) is 0 Å². The van der Waals surface area contributed by atoms with Crippen LogP contribution >= 0.6 is 0 Å². The van der Waals surface area contributed by atoms with Gasteiger partial charge in [0, 0.05) is 24.7 Å². The first-order chi connectivity index (χ1) is 15.2. The van der Waals surface area contributed by atoms with Crippen LogP contribution in [0.3, 0.4) is 0 Å². The van der Waals surface area contributed by atoms with Crippen LogP contribution in [0.2, 0.25) is 0 Å². The Morgan fingerprint density at radius 1 is 1.06 bits per heavy atom. The van der Waals surface area contributed by atoms with E-state index in [2.05, 4.69) is 22.3 Å². The first-order valence-electron chi connectivity index (χ1n) is 10.8. The Morgan fingerprint density at radius 3 is 2.39 bits per heavy atom. The van der Waals surface area contributed by atoms with Gasteiger partial charge in [-0.05, 0) is 49.1 Å². The highest BCUT2D eigenvalue weighted by Gasteiger charge is 2.28. The van der Waals surface area contributed by atoms with E-state index in [9.17, 15) is 9.59 Å². The Morgan fingerprint density at radius 2 is 1.77 bits per heavy atom. The van der Waals surface area contributed by atoms with Gasteiger partial charge >= 0.3 is 0 Å². The van der Waals surface area contributed by atoms with Gasteiger partial charge in [0.15, 0.2) is 0 Å². The molecule has 0 aliphatic carbocycles. The normalized spacial score (nSPS) is 15.5. The van der Waals surface area contributed by atoms with E-state index >= 15 is 0 Å². The zero-order valence-electron chi connectivity index (χ0n) is 17.6. The molecule has 1 aromatic heterocycles. The van der Waals surface area contributed by atoms with Crippen LogP contribution in [0.15, 0.2) is 67.3 Å². The number of rotatable bonds is 6. The lowest BCUT2D eigenvalue weighted by atomic mass is 9.93. The number of benzene rings is 2. The maximum atomic E-state index is 13.0. The third-order valence-corrected chi connectivity index (χ3v) is 5.86. The van der Waals surface area contributed by atoms with Crippen LogP contribution < -0.4 is 5.32 Å². The number of carbonyl (C=O) groups excluding carboxylic acids is 2. The highest BCUT2D eigenvalue weighted by atomic mass is 16.2. The first kappa shape index (κ1) is 20.8. The van der Waals surface area contributed by atoms with E-state index in [0.717, 1.165) is 30.5 Å². The summed E-state index contributed by atoms with van der Waals surface area (Å²) in [4.78, 5) is 31.5. The lowest BCUT2D eigenvalue weighted by molar-refractivity contribution is -0.134. The molecule has 0 bridgehead atoms. The molecule has 1 aliphatic heterocycles. The fourth-order valence-electron chi connectivity index (χ4n) is 4.08. The van der Waals surface area contributed by atoms with E-state index in [0.29, 0.717) is 18.7 Å². The van der Waals surface area contributed by atoms with Crippen LogP contribution in [-0.4, -0.2) is 50.6 Å². The maximum absolute atomic E-state index is 13.0. The Hall–Kier alpha value is -3.48. The summed E-state index contributed by atoms with van der Waals surface area (Å²) >= 11 is 0. The first-order valence-corrected chi connectivity index (χ1v) is 10.8. The molecule has 7 nitrogen and oxygen atoms in total. The van der Waals surface area contributed by atoms with E-state index in [1.54, 1.807) is 23.1 Å². The molecule has 1 N–H and O–H groups in total. The van der Waals surface area contributed by atoms with Crippen molar-refractivity contribution in [3.8, 4) is 5.69 Å². The molecule has 2 aromatic carbocycles. The monoisotopic (exact) mass is 417 g/mol. The molecule has 1 aliphatic rings. The number of nitrogens with zero attached hydrogens (tertiary/aromatic N) is 4. The minimum atomic E-state index is -0.101. The summed E-state index contributed by atoms with van der Waals surface area (Å²) in [7, 11) is 0. The quantitative estimate of drug-likeness (QED) is 0.668. The summed E-state index contributed by atoms with van der Waals surface area (Å²) < 4.78 is 1.65. The van der Waals surface area contributed by atoms with Crippen LogP contribution in [0.5, 0.6) is 0 Å². The molecule has 160 valence electrons. The van der Waals surface area contributed by atoms with Gasteiger partial charge in [0.1, 0.15) is 12.7 Å². The van der Waals surface area contributed by atoms with Crippen molar-refractivity contribution in [1.29, 1.82) is 0 Å². The van der Waals surface area contributed by atoms with Gasteiger partial charge < -0.3 is 10.2 Å². The molecule has 3 aromatic rings. The second-order valence-electron chi connectivity index (χ2n) is 7.83. The molecule has 7 heteroatoms. The maximum Gasteiger partial charge on any atom is 0.251 e. The highest BCUT2D eigenvalue weighted by Crippen LogP contribution is 2.24. The van der Waals surface area contributed by atoms with E-state index in [-0.39, 0.29) is 23.8 Å². The zero-order chi connectivity index (χ0) is 21.6. The Bertz CT molecular complexity index is 994. The van der Waals surface area contributed by atoms with Crippen molar-refractivity contribution in [2.45, 2.75) is 38.1 Å². The molecule has 1 atom stereocenters. The van der Waals surface area contributed by atoms with Crippen molar-refractivity contribution in [3.63, 3.8) is 0 Å². The lowest BCUT2D eigenvalue weighted by Gasteiger charge is -2.34. The van der Waals surface area contributed by atoms with Crippen molar-refractivity contribution in [3.05, 3.63) is 78.4 Å². The number of likely N-dealkylation sites (tertiary alicyclic amines) is 1. The second kappa shape index (κ2) is 9.55. The summed E-state index contributed by atoms with van der Waals surface area (Å²) in [6, 6.07) is 17.3. The SMILES string of the molecule is CCC(C(=O)N1CCC(NC(=O)c2ccc(-n3cncn3)cc2)CC1)c1ccccc1. The molecule has 2 amide bonds. The van der Waals surface area contributed by atoms with Crippen LogP contribution in [0, 0.1) is 0 Å². The smallest absolute Gasteiger partial charge is 0.251 e. The molecule has 1 saturated heterocycles. The highest BCUT2D eigenvalue weighted by molar-refractivity contribution is 5.94. The van der Waals surface area contributed by atoms with Crippen LogP contribution in [0.1, 0.15) is 48.0 Å². The van der Waals surface area contributed by atoms with E-state index in [1.165, 1.54) is 6.33 Å². The minimum Gasteiger partial charge on any atom is -0.349 e. The van der Waals surface area contributed by atoms with Crippen molar-refractivity contribution in [2.75, 3.05) is 13.1 Å². The van der Waals surface area contributed by atoms with Crippen molar-refractivity contribution in [1.82, 2.24) is 25.0 Å². The number of hydrogen-bond acceptors (Lipinski definition) is 4. The van der Waals surface area contributed by atoms with E-state index in [1.807, 2.05) is 47.4 Å². The molecule has 1 unspecified atom stereocenters. The van der Waals surface area contributed by atoms with Crippen molar-refractivity contribution < 1.29 is 9.59 Å². The van der Waals surface area contributed by atoms with Gasteiger partial charge in [-0.3, -0.25) is 9.59 Å². The average Bonchev–Trinajstić information content (AvgIpc) is 3.36. The van der Waals surface area contributed by atoms with Gasteiger partial charge in [-0.2, -0.15) is 5.10 Å². The van der Waals surface area contributed by atoms with Crippen LogP contribution in [0.4, 0.5) is 0 Å². The van der Waals surface area contributed by atoms with Gasteiger partial charge in [0.05, 0.1) is 11.6 Å². The van der Waals surface area contributed by atoms with Gasteiger partial charge in [0.25, 0.3) is 5.91 Å².